The molecular formula is C12H14ClFO2. The molecule has 0 bridgehead atoms. The van der Waals surface area contributed by atoms with Crippen LogP contribution in [-0.4, -0.2) is 11.1 Å². The second-order valence-corrected chi connectivity index (χ2v) is 4.55. The predicted molar refractivity (Wildman–Crippen MR) is 61.5 cm³/mol. The highest BCUT2D eigenvalue weighted by atomic mass is 35.5. The minimum atomic E-state index is -1.56. The minimum absolute atomic E-state index is 0.0244. The van der Waals surface area contributed by atoms with E-state index in [1.165, 1.54) is 13.8 Å². The van der Waals surface area contributed by atoms with E-state index in [9.17, 15) is 9.18 Å². The predicted octanol–water partition coefficient (Wildman–Crippen LogP) is 3.56. The molecule has 0 spiro atoms. The standard InChI is InChI=1S/C12H14ClFO2/c1-12(2,14)11-8(6-7-10(15)16)4-3-5-9(11)13/h3-5H,6-7H2,1-2H3,(H,15,16). The number of carboxylic acid groups (broad SMARTS) is 1. The summed E-state index contributed by atoms with van der Waals surface area (Å²) in [7, 11) is 0. The first-order valence-corrected chi connectivity index (χ1v) is 5.38. The van der Waals surface area contributed by atoms with E-state index < -0.39 is 11.6 Å². The fourth-order valence-electron chi connectivity index (χ4n) is 1.68. The second-order valence-electron chi connectivity index (χ2n) is 4.14. The average Bonchev–Trinajstić information content (AvgIpc) is 2.12. The number of carboxylic acids is 1. The van der Waals surface area contributed by atoms with Gasteiger partial charge in [-0.2, -0.15) is 0 Å². The molecule has 0 aliphatic rings. The number of aliphatic carboxylic acids is 1. The van der Waals surface area contributed by atoms with Crippen LogP contribution in [0, 0.1) is 0 Å². The van der Waals surface area contributed by atoms with Crippen LogP contribution in [0.4, 0.5) is 4.39 Å². The van der Waals surface area contributed by atoms with Gasteiger partial charge in [0.25, 0.3) is 0 Å². The highest BCUT2D eigenvalue weighted by molar-refractivity contribution is 6.31. The van der Waals surface area contributed by atoms with Crippen molar-refractivity contribution in [3.63, 3.8) is 0 Å². The molecule has 1 aromatic carbocycles. The van der Waals surface area contributed by atoms with Crippen molar-refractivity contribution in [3.8, 4) is 0 Å². The van der Waals surface area contributed by atoms with Gasteiger partial charge in [0, 0.05) is 17.0 Å². The normalized spacial score (nSPS) is 11.5. The maximum absolute atomic E-state index is 13.9. The van der Waals surface area contributed by atoms with Crippen molar-refractivity contribution < 1.29 is 14.3 Å². The van der Waals surface area contributed by atoms with Gasteiger partial charge in [0.15, 0.2) is 0 Å². The number of aryl methyl sites for hydroxylation is 1. The van der Waals surface area contributed by atoms with Gasteiger partial charge >= 0.3 is 5.97 Å². The average molecular weight is 245 g/mol. The molecule has 0 saturated heterocycles. The van der Waals surface area contributed by atoms with Crippen LogP contribution in [0.2, 0.25) is 5.02 Å². The summed E-state index contributed by atoms with van der Waals surface area (Å²) in [6.07, 6.45) is 0.266. The molecule has 1 N–H and O–H groups in total. The number of hydrogen-bond acceptors (Lipinski definition) is 1. The maximum atomic E-state index is 13.9. The third-order valence-electron chi connectivity index (χ3n) is 2.30. The molecule has 0 heterocycles. The van der Waals surface area contributed by atoms with Gasteiger partial charge < -0.3 is 5.11 Å². The van der Waals surface area contributed by atoms with Crippen LogP contribution in [0.25, 0.3) is 0 Å². The lowest BCUT2D eigenvalue weighted by molar-refractivity contribution is -0.136. The molecule has 0 amide bonds. The highest BCUT2D eigenvalue weighted by Crippen LogP contribution is 2.34. The summed E-state index contributed by atoms with van der Waals surface area (Å²) in [5, 5.41) is 8.95. The topological polar surface area (TPSA) is 37.3 Å². The Morgan fingerprint density at radius 1 is 1.50 bits per heavy atom. The van der Waals surface area contributed by atoms with Crippen molar-refractivity contribution in [2.75, 3.05) is 0 Å². The summed E-state index contributed by atoms with van der Waals surface area (Å²) in [6, 6.07) is 5.03. The van der Waals surface area contributed by atoms with Crippen LogP contribution in [0.1, 0.15) is 31.4 Å². The van der Waals surface area contributed by atoms with Crippen LogP contribution in [0.15, 0.2) is 18.2 Å². The third-order valence-corrected chi connectivity index (χ3v) is 2.62. The first kappa shape index (κ1) is 13.0. The number of benzene rings is 1. The van der Waals surface area contributed by atoms with E-state index >= 15 is 0 Å². The summed E-state index contributed by atoms with van der Waals surface area (Å²) >= 11 is 5.94. The van der Waals surface area contributed by atoms with Gasteiger partial charge in [0.1, 0.15) is 5.67 Å². The van der Waals surface area contributed by atoms with Crippen LogP contribution in [0.3, 0.4) is 0 Å². The van der Waals surface area contributed by atoms with E-state index in [-0.39, 0.29) is 6.42 Å². The fourth-order valence-corrected chi connectivity index (χ4v) is 2.10. The molecule has 0 fully saturated rings. The smallest absolute Gasteiger partial charge is 0.303 e. The van der Waals surface area contributed by atoms with Gasteiger partial charge in [-0.15, -0.1) is 0 Å². The Labute approximate surface area is 99.0 Å². The first-order chi connectivity index (χ1) is 7.32. The number of carbonyl (C=O) groups is 1. The molecule has 1 aromatic rings. The number of halogens is 2. The van der Waals surface area contributed by atoms with Gasteiger partial charge in [0.05, 0.1) is 0 Å². The Morgan fingerprint density at radius 3 is 2.62 bits per heavy atom. The third kappa shape index (κ3) is 3.20. The first-order valence-electron chi connectivity index (χ1n) is 5.01. The lowest BCUT2D eigenvalue weighted by atomic mass is 9.92. The number of alkyl halides is 1. The van der Waals surface area contributed by atoms with E-state index in [0.717, 1.165) is 0 Å². The summed E-state index contributed by atoms with van der Waals surface area (Å²) in [6.45, 7) is 2.83. The van der Waals surface area contributed by atoms with E-state index in [4.69, 9.17) is 16.7 Å². The Hall–Kier alpha value is -1.09. The Balaban J connectivity index is 3.08. The molecule has 0 aromatic heterocycles. The molecule has 0 radical (unpaired) electrons. The Kier molecular flexibility index (Phi) is 3.92. The summed E-state index contributed by atoms with van der Waals surface area (Å²) in [5.41, 5.74) is -0.521. The second kappa shape index (κ2) is 4.83. The van der Waals surface area contributed by atoms with Gasteiger partial charge in [-0.1, -0.05) is 23.7 Å². The molecule has 0 saturated carbocycles. The molecule has 88 valence electrons. The number of rotatable bonds is 4. The number of hydrogen-bond donors (Lipinski definition) is 1. The van der Waals surface area contributed by atoms with Gasteiger partial charge in [-0.3, -0.25) is 4.79 Å². The molecule has 16 heavy (non-hydrogen) atoms. The molecule has 1 rings (SSSR count). The van der Waals surface area contributed by atoms with Crippen molar-refractivity contribution in [2.24, 2.45) is 0 Å². The van der Waals surface area contributed by atoms with Crippen LogP contribution >= 0.6 is 11.6 Å². The summed E-state index contributed by atoms with van der Waals surface area (Å²) in [4.78, 5) is 10.5. The molecule has 0 aliphatic carbocycles. The van der Waals surface area contributed by atoms with E-state index in [2.05, 4.69) is 0 Å². The SMILES string of the molecule is CC(C)(F)c1c(Cl)cccc1CCC(=O)O. The Morgan fingerprint density at radius 2 is 2.12 bits per heavy atom. The van der Waals surface area contributed by atoms with E-state index in [1.54, 1.807) is 18.2 Å². The van der Waals surface area contributed by atoms with Crippen molar-refractivity contribution >= 4 is 17.6 Å². The molecule has 4 heteroatoms. The molecule has 0 atom stereocenters. The lowest BCUT2D eigenvalue weighted by Gasteiger charge is -2.20. The molecule has 0 aliphatic heterocycles. The van der Waals surface area contributed by atoms with Gasteiger partial charge in [-0.25, -0.2) is 4.39 Å². The van der Waals surface area contributed by atoms with E-state index in [1.807, 2.05) is 0 Å². The largest absolute Gasteiger partial charge is 0.481 e. The zero-order valence-corrected chi connectivity index (χ0v) is 10.0. The molecule has 0 unspecified atom stereocenters. The van der Waals surface area contributed by atoms with Gasteiger partial charge in [0.2, 0.25) is 0 Å². The quantitative estimate of drug-likeness (QED) is 0.879. The summed E-state index contributed by atoms with van der Waals surface area (Å²) in [5.74, 6) is -0.900. The van der Waals surface area contributed by atoms with Crippen molar-refractivity contribution in [1.29, 1.82) is 0 Å². The maximum Gasteiger partial charge on any atom is 0.303 e. The van der Waals surface area contributed by atoms with Crippen LogP contribution < -0.4 is 0 Å². The van der Waals surface area contributed by atoms with Crippen LogP contribution in [0.5, 0.6) is 0 Å². The molecular weight excluding hydrogens is 231 g/mol. The monoisotopic (exact) mass is 244 g/mol. The van der Waals surface area contributed by atoms with Crippen molar-refractivity contribution in [1.82, 2.24) is 0 Å². The summed E-state index contributed by atoms with van der Waals surface area (Å²) < 4.78 is 13.9. The lowest BCUT2D eigenvalue weighted by Crippen LogP contribution is -2.14. The Bertz CT molecular complexity index is 396. The van der Waals surface area contributed by atoms with Crippen molar-refractivity contribution in [2.45, 2.75) is 32.4 Å². The van der Waals surface area contributed by atoms with E-state index in [0.29, 0.717) is 22.6 Å². The zero-order chi connectivity index (χ0) is 12.3. The van der Waals surface area contributed by atoms with Crippen LogP contribution in [-0.2, 0) is 16.9 Å². The highest BCUT2D eigenvalue weighted by Gasteiger charge is 2.25. The minimum Gasteiger partial charge on any atom is -0.481 e. The van der Waals surface area contributed by atoms with Gasteiger partial charge in [-0.05, 0) is 31.9 Å². The molecule has 2 nitrogen and oxygen atoms in total. The van der Waals surface area contributed by atoms with Crippen molar-refractivity contribution in [3.05, 3.63) is 34.3 Å². The fraction of sp³-hybridized carbons (Fsp3) is 0.417. The zero-order valence-electron chi connectivity index (χ0n) is 9.26.